The molecule has 0 fully saturated rings. The van der Waals surface area contributed by atoms with Gasteiger partial charge in [-0.1, -0.05) is 31.5 Å². The summed E-state index contributed by atoms with van der Waals surface area (Å²) in [6.45, 7) is 4.79. The van der Waals surface area contributed by atoms with E-state index in [2.05, 4.69) is 18.9 Å². The minimum atomic E-state index is -0.271. The van der Waals surface area contributed by atoms with Gasteiger partial charge in [-0.25, -0.2) is 4.39 Å². The lowest BCUT2D eigenvalue weighted by molar-refractivity contribution is 0.488. The highest BCUT2D eigenvalue weighted by Crippen LogP contribution is 2.25. The molecular weight excluding hydrogens is 215 g/mol. The van der Waals surface area contributed by atoms with Gasteiger partial charge in [-0.3, -0.25) is 4.68 Å². The summed E-state index contributed by atoms with van der Waals surface area (Å²) in [7, 11) is 0. The summed E-state index contributed by atoms with van der Waals surface area (Å²) in [6.07, 6.45) is 0. The first-order valence-electron chi connectivity index (χ1n) is 4.90. The third kappa shape index (κ3) is 1.84. The Balaban J connectivity index is 2.65. The van der Waals surface area contributed by atoms with E-state index in [1.54, 1.807) is 16.8 Å². The van der Waals surface area contributed by atoms with Gasteiger partial charge in [0.15, 0.2) is 5.15 Å². The fraction of sp³-hybridized carbons (Fsp3) is 0.364. The second-order valence-electron chi connectivity index (χ2n) is 4.00. The molecule has 0 aliphatic heterocycles. The molecule has 1 aromatic heterocycles. The number of hydrogen-bond acceptors (Lipinski definition) is 1. The van der Waals surface area contributed by atoms with Crippen molar-refractivity contribution in [3.8, 4) is 0 Å². The standard InChI is InChI=1S/C11H12ClFN2/c1-7(2)6-15-10-8(11(12)14-15)4-3-5-9(10)13/h3-5,7H,6H2,1-2H3. The monoisotopic (exact) mass is 226 g/mol. The zero-order valence-electron chi connectivity index (χ0n) is 8.67. The fourth-order valence-corrected chi connectivity index (χ4v) is 1.88. The van der Waals surface area contributed by atoms with Crippen LogP contribution < -0.4 is 0 Å². The van der Waals surface area contributed by atoms with Gasteiger partial charge < -0.3 is 0 Å². The first-order chi connectivity index (χ1) is 7.09. The third-order valence-corrected chi connectivity index (χ3v) is 2.49. The fourth-order valence-electron chi connectivity index (χ4n) is 1.63. The molecule has 80 valence electrons. The van der Waals surface area contributed by atoms with Crippen molar-refractivity contribution >= 4 is 22.5 Å². The second-order valence-corrected chi connectivity index (χ2v) is 4.36. The molecule has 0 spiro atoms. The van der Waals surface area contributed by atoms with Gasteiger partial charge in [0.1, 0.15) is 11.3 Å². The molecule has 0 radical (unpaired) electrons. The highest BCUT2D eigenvalue weighted by molar-refractivity contribution is 6.34. The van der Waals surface area contributed by atoms with E-state index in [4.69, 9.17) is 11.6 Å². The van der Waals surface area contributed by atoms with E-state index in [0.29, 0.717) is 28.5 Å². The smallest absolute Gasteiger partial charge is 0.159 e. The Bertz CT molecular complexity index is 491. The van der Waals surface area contributed by atoms with Gasteiger partial charge in [0.2, 0.25) is 0 Å². The third-order valence-electron chi connectivity index (χ3n) is 2.21. The Kier molecular flexibility index (Phi) is 2.65. The average Bonchev–Trinajstić information content (AvgIpc) is 2.44. The highest BCUT2D eigenvalue weighted by Gasteiger charge is 2.12. The van der Waals surface area contributed by atoms with Gasteiger partial charge in [0.25, 0.3) is 0 Å². The maximum atomic E-state index is 13.6. The number of nitrogens with zero attached hydrogens (tertiary/aromatic N) is 2. The summed E-state index contributed by atoms with van der Waals surface area (Å²) >= 11 is 5.93. The maximum absolute atomic E-state index is 13.6. The van der Waals surface area contributed by atoms with E-state index >= 15 is 0 Å². The Hall–Kier alpha value is -1.09. The lowest BCUT2D eigenvalue weighted by Gasteiger charge is -2.06. The van der Waals surface area contributed by atoms with Gasteiger partial charge in [-0.15, -0.1) is 0 Å². The molecular formula is C11H12ClFN2. The molecule has 1 heterocycles. The molecule has 0 amide bonds. The van der Waals surface area contributed by atoms with Crippen LogP contribution in [-0.4, -0.2) is 9.78 Å². The SMILES string of the molecule is CC(C)Cn1nc(Cl)c2cccc(F)c21. The lowest BCUT2D eigenvalue weighted by atomic mass is 10.2. The van der Waals surface area contributed by atoms with E-state index in [1.165, 1.54) is 6.07 Å². The molecule has 0 saturated carbocycles. The van der Waals surface area contributed by atoms with Crippen LogP contribution in [0.15, 0.2) is 18.2 Å². The lowest BCUT2D eigenvalue weighted by Crippen LogP contribution is -2.06. The molecule has 0 atom stereocenters. The molecule has 0 aliphatic carbocycles. The molecule has 2 aromatic rings. The van der Waals surface area contributed by atoms with E-state index in [9.17, 15) is 4.39 Å². The molecule has 2 rings (SSSR count). The molecule has 1 aromatic carbocycles. The van der Waals surface area contributed by atoms with Crippen molar-refractivity contribution in [1.29, 1.82) is 0 Å². The van der Waals surface area contributed by atoms with E-state index in [1.807, 2.05) is 0 Å². The molecule has 15 heavy (non-hydrogen) atoms. The summed E-state index contributed by atoms with van der Waals surface area (Å²) in [5.74, 6) is 0.135. The molecule has 0 bridgehead atoms. The molecule has 0 saturated heterocycles. The van der Waals surface area contributed by atoms with Crippen LogP contribution in [0.1, 0.15) is 13.8 Å². The predicted molar refractivity (Wildman–Crippen MR) is 59.5 cm³/mol. The normalized spacial score (nSPS) is 11.5. The van der Waals surface area contributed by atoms with Crippen LogP contribution in [0.4, 0.5) is 4.39 Å². The molecule has 0 unspecified atom stereocenters. The molecule has 0 N–H and O–H groups in total. The van der Waals surface area contributed by atoms with Gasteiger partial charge in [-0.2, -0.15) is 5.10 Å². The summed E-state index contributed by atoms with van der Waals surface area (Å²) in [4.78, 5) is 0. The number of halogens is 2. The van der Waals surface area contributed by atoms with Gasteiger partial charge >= 0.3 is 0 Å². The predicted octanol–water partition coefficient (Wildman–Crippen LogP) is 3.48. The number of para-hydroxylation sites is 1. The van der Waals surface area contributed by atoms with Crippen molar-refractivity contribution in [2.24, 2.45) is 5.92 Å². The first-order valence-corrected chi connectivity index (χ1v) is 5.28. The van der Waals surface area contributed by atoms with Crippen LogP contribution in [-0.2, 0) is 6.54 Å². The number of hydrogen-bond donors (Lipinski definition) is 0. The van der Waals surface area contributed by atoms with Crippen LogP contribution in [0.5, 0.6) is 0 Å². The number of benzene rings is 1. The second kappa shape index (κ2) is 3.81. The molecule has 4 heteroatoms. The number of aromatic nitrogens is 2. The van der Waals surface area contributed by atoms with Gasteiger partial charge in [-0.05, 0) is 18.1 Å². The van der Waals surface area contributed by atoms with Crippen molar-refractivity contribution < 1.29 is 4.39 Å². The Morgan fingerprint density at radius 3 is 2.87 bits per heavy atom. The molecule has 2 nitrogen and oxygen atoms in total. The van der Waals surface area contributed by atoms with Crippen LogP contribution in [0.3, 0.4) is 0 Å². The number of fused-ring (bicyclic) bond motifs is 1. The van der Waals surface area contributed by atoms with E-state index in [0.717, 1.165) is 0 Å². The minimum Gasteiger partial charge on any atom is -0.260 e. The average molecular weight is 227 g/mol. The largest absolute Gasteiger partial charge is 0.260 e. The highest BCUT2D eigenvalue weighted by atomic mass is 35.5. The van der Waals surface area contributed by atoms with Crippen molar-refractivity contribution in [1.82, 2.24) is 9.78 Å². The Morgan fingerprint density at radius 1 is 1.47 bits per heavy atom. The van der Waals surface area contributed by atoms with Gasteiger partial charge in [0.05, 0.1) is 0 Å². The summed E-state index contributed by atoms with van der Waals surface area (Å²) in [5.41, 5.74) is 0.496. The zero-order valence-corrected chi connectivity index (χ0v) is 9.42. The summed E-state index contributed by atoms with van der Waals surface area (Å²) < 4.78 is 15.2. The minimum absolute atomic E-state index is 0.271. The molecule has 0 aliphatic rings. The Morgan fingerprint density at radius 2 is 2.20 bits per heavy atom. The topological polar surface area (TPSA) is 17.8 Å². The number of rotatable bonds is 2. The van der Waals surface area contributed by atoms with Crippen molar-refractivity contribution in [3.63, 3.8) is 0 Å². The Labute approximate surface area is 92.6 Å². The maximum Gasteiger partial charge on any atom is 0.159 e. The van der Waals surface area contributed by atoms with Crippen LogP contribution in [0, 0.1) is 11.7 Å². The quantitative estimate of drug-likeness (QED) is 0.767. The van der Waals surface area contributed by atoms with Crippen molar-refractivity contribution in [3.05, 3.63) is 29.2 Å². The zero-order chi connectivity index (χ0) is 11.0. The summed E-state index contributed by atoms with van der Waals surface area (Å²) in [6, 6.07) is 4.85. The van der Waals surface area contributed by atoms with Crippen molar-refractivity contribution in [2.75, 3.05) is 0 Å². The van der Waals surface area contributed by atoms with Crippen LogP contribution in [0.25, 0.3) is 10.9 Å². The van der Waals surface area contributed by atoms with E-state index in [-0.39, 0.29) is 5.82 Å². The van der Waals surface area contributed by atoms with Gasteiger partial charge in [0, 0.05) is 11.9 Å². The first kappa shape index (κ1) is 10.4. The van der Waals surface area contributed by atoms with Crippen molar-refractivity contribution in [2.45, 2.75) is 20.4 Å². The summed E-state index contributed by atoms with van der Waals surface area (Å²) in [5, 5.41) is 5.18. The van der Waals surface area contributed by atoms with Crippen LogP contribution >= 0.6 is 11.6 Å². The van der Waals surface area contributed by atoms with Crippen LogP contribution in [0.2, 0.25) is 5.15 Å². The van der Waals surface area contributed by atoms with E-state index < -0.39 is 0 Å².